The molecule has 10 nitrogen and oxygen atoms in total. The van der Waals surface area contributed by atoms with Crippen LogP contribution in [0, 0.1) is 11.3 Å². The van der Waals surface area contributed by atoms with Gasteiger partial charge in [-0.1, -0.05) is 19.0 Å². The van der Waals surface area contributed by atoms with E-state index in [1.807, 2.05) is 0 Å². The molecule has 1 aliphatic heterocycles. The molecule has 3 aromatic rings. The number of pyridine rings is 1. The van der Waals surface area contributed by atoms with Gasteiger partial charge in [-0.3, -0.25) is 9.47 Å². The number of aromatic nitrogens is 5. The summed E-state index contributed by atoms with van der Waals surface area (Å²) >= 11 is 0. The van der Waals surface area contributed by atoms with Crippen LogP contribution in [-0.4, -0.2) is 54.7 Å². The summed E-state index contributed by atoms with van der Waals surface area (Å²) in [6.45, 7) is 7.90. The number of piperazine rings is 1. The van der Waals surface area contributed by atoms with E-state index in [0.29, 0.717) is 40.9 Å². The molecule has 2 aliphatic rings. The minimum Gasteiger partial charge on any atom is -0.349 e. The van der Waals surface area contributed by atoms with Crippen molar-refractivity contribution in [2.24, 2.45) is 7.05 Å². The maximum Gasteiger partial charge on any atom is 0.349 e. The summed E-state index contributed by atoms with van der Waals surface area (Å²) in [5, 5.41) is 13.6. The van der Waals surface area contributed by atoms with E-state index in [-0.39, 0.29) is 23.8 Å². The molecular weight excluding hydrogens is 432 g/mol. The zero-order chi connectivity index (χ0) is 24.0. The molecule has 1 unspecified atom stereocenters. The highest BCUT2D eigenvalue weighted by molar-refractivity contribution is 5.86. The zero-order valence-electron chi connectivity index (χ0n) is 20.1. The third kappa shape index (κ3) is 3.84. The molecule has 1 saturated carbocycles. The van der Waals surface area contributed by atoms with Gasteiger partial charge >= 0.3 is 5.69 Å². The molecular formula is C24H30N8O2. The van der Waals surface area contributed by atoms with Gasteiger partial charge in [0.15, 0.2) is 11.6 Å². The smallest absolute Gasteiger partial charge is 0.349 e. The lowest BCUT2D eigenvalue weighted by Gasteiger charge is -2.48. The third-order valence-electron chi connectivity index (χ3n) is 7.26. The second kappa shape index (κ2) is 8.80. The summed E-state index contributed by atoms with van der Waals surface area (Å²) in [6.07, 6.45) is 4.06. The SMILES string of the molecule is CC[C@H]1CN(C(C)c2nc(C3CC3)no2)[C@H](CC)CN1c1nc(=O)n(C)c2ccc(C#N)nc12. The standard InChI is InChI=1S/C24H30N8O2/c1-5-17-13-32(22-20-19(30(4)24(33)28-22)10-9-16(11-25)26-20)18(6-2)12-31(17)14(3)23-27-21(29-34-23)15-7-8-15/h9-10,14-15,17-18H,5-8,12-13H2,1-4H3/t14?,17-,18+/m1/s1. The summed E-state index contributed by atoms with van der Waals surface area (Å²) in [6, 6.07) is 5.84. The van der Waals surface area contributed by atoms with E-state index < -0.39 is 0 Å². The van der Waals surface area contributed by atoms with E-state index in [1.165, 1.54) is 4.57 Å². The molecule has 1 saturated heterocycles. The quantitative estimate of drug-likeness (QED) is 0.545. The number of hydrogen-bond donors (Lipinski definition) is 0. The van der Waals surface area contributed by atoms with Gasteiger partial charge < -0.3 is 9.42 Å². The fraction of sp³-hybridized carbons (Fsp3) is 0.583. The van der Waals surface area contributed by atoms with Crippen molar-refractivity contribution in [2.45, 2.75) is 70.5 Å². The van der Waals surface area contributed by atoms with Crippen molar-refractivity contribution in [2.75, 3.05) is 18.0 Å². The molecule has 3 aromatic heterocycles. The van der Waals surface area contributed by atoms with Gasteiger partial charge in [-0.25, -0.2) is 9.78 Å². The first-order chi connectivity index (χ1) is 16.4. The highest BCUT2D eigenvalue weighted by atomic mass is 16.5. The van der Waals surface area contributed by atoms with Crippen molar-refractivity contribution >= 4 is 16.9 Å². The van der Waals surface area contributed by atoms with Crippen LogP contribution < -0.4 is 10.6 Å². The predicted octanol–water partition coefficient (Wildman–Crippen LogP) is 2.90. The Hall–Kier alpha value is -3.32. The van der Waals surface area contributed by atoms with Gasteiger partial charge in [-0.2, -0.15) is 15.2 Å². The monoisotopic (exact) mass is 462 g/mol. The van der Waals surface area contributed by atoms with E-state index >= 15 is 0 Å². The summed E-state index contributed by atoms with van der Waals surface area (Å²) < 4.78 is 7.14. The maximum absolute atomic E-state index is 12.7. The molecule has 0 aromatic carbocycles. The second-order valence-electron chi connectivity index (χ2n) is 9.37. The van der Waals surface area contributed by atoms with E-state index in [9.17, 15) is 10.1 Å². The van der Waals surface area contributed by atoms with Crippen molar-refractivity contribution in [3.05, 3.63) is 40.0 Å². The molecule has 4 heterocycles. The fourth-order valence-corrected chi connectivity index (χ4v) is 4.96. The molecule has 10 heteroatoms. The van der Waals surface area contributed by atoms with Crippen LogP contribution in [0.1, 0.15) is 75.8 Å². The van der Waals surface area contributed by atoms with Gasteiger partial charge in [0.25, 0.3) is 0 Å². The normalized spacial score (nSPS) is 22.1. The number of rotatable bonds is 6. The average molecular weight is 463 g/mol. The molecule has 2 fully saturated rings. The van der Waals surface area contributed by atoms with Gasteiger partial charge in [-0.05, 0) is 44.7 Å². The lowest BCUT2D eigenvalue weighted by Crippen LogP contribution is -2.59. The lowest BCUT2D eigenvalue weighted by atomic mass is 10.00. The van der Waals surface area contributed by atoms with Crippen molar-refractivity contribution in [1.82, 2.24) is 29.6 Å². The Labute approximate surface area is 198 Å². The van der Waals surface area contributed by atoms with Gasteiger partial charge in [0, 0.05) is 38.1 Å². The molecule has 0 N–H and O–H groups in total. The second-order valence-corrected chi connectivity index (χ2v) is 9.37. The lowest BCUT2D eigenvalue weighted by molar-refractivity contribution is 0.0829. The first-order valence-corrected chi connectivity index (χ1v) is 12.1. The van der Waals surface area contributed by atoms with E-state index in [2.05, 4.69) is 51.8 Å². The number of aryl methyl sites for hydroxylation is 1. The number of anilines is 1. The minimum atomic E-state index is -0.328. The van der Waals surface area contributed by atoms with Gasteiger partial charge in [0.1, 0.15) is 17.3 Å². The predicted molar refractivity (Wildman–Crippen MR) is 126 cm³/mol. The van der Waals surface area contributed by atoms with Crippen LogP contribution in [0.5, 0.6) is 0 Å². The van der Waals surface area contributed by atoms with Crippen LogP contribution in [0.15, 0.2) is 21.5 Å². The Morgan fingerprint density at radius 2 is 1.91 bits per heavy atom. The van der Waals surface area contributed by atoms with E-state index in [0.717, 1.165) is 38.1 Å². The number of hydrogen-bond acceptors (Lipinski definition) is 9. The Balaban J connectivity index is 1.51. The Morgan fingerprint density at radius 1 is 1.15 bits per heavy atom. The molecule has 0 spiro atoms. The Kier molecular flexibility index (Phi) is 5.81. The molecule has 178 valence electrons. The molecule has 34 heavy (non-hydrogen) atoms. The summed E-state index contributed by atoms with van der Waals surface area (Å²) in [4.78, 5) is 31.0. The highest BCUT2D eigenvalue weighted by Gasteiger charge is 2.39. The van der Waals surface area contributed by atoms with Crippen LogP contribution in [0.2, 0.25) is 0 Å². The van der Waals surface area contributed by atoms with Gasteiger partial charge in [0.2, 0.25) is 5.89 Å². The van der Waals surface area contributed by atoms with Crippen molar-refractivity contribution in [3.8, 4) is 6.07 Å². The van der Waals surface area contributed by atoms with Crippen LogP contribution in [-0.2, 0) is 7.05 Å². The summed E-state index contributed by atoms with van der Waals surface area (Å²) in [7, 11) is 1.68. The van der Waals surface area contributed by atoms with Crippen molar-refractivity contribution in [3.63, 3.8) is 0 Å². The topological polar surface area (TPSA) is 117 Å². The average Bonchev–Trinajstić information content (AvgIpc) is 3.60. The van der Waals surface area contributed by atoms with E-state index in [4.69, 9.17) is 9.51 Å². The first-order valence-electron chi connectivity index (χ1n) is 12.1. The molecule has 3 atom stereocenters. The third-order valence-corrected chi connectivity index (χ3v) is 7.26. The maximum atomic E-state index is 12.7. The molecule has 0 bridgehead atoms. The fourth-order valence-electron chi connectivity index (χ4n) is 4.96. The van der Waals surface area contributed by atoms with Gasteiger partial charge in [-0.15, -0.1) is 0 Å². The van der Waals surface area contributed by atoms with Crippen molar-refractivity contribution < 1.29 is 4.52 Å². The summed E-state index contributed by atoms with van der Waals surface area (Å²) in [5.41, 5.74) is 1.24. The first kappa shape index (κ1) is 22.5. The largest absolute Gasteiger partial charge is 0.349 e. The minimum absolute atomic E-state index is 0.00203. The Morgan fingerprint density at radius 3 is 2.59 bits per heavy atom. The Bertz CT molecular complexity index is 1300. The summed E-state index contributed by atoms with van der Waals surface area (Å²) in [5.74, 6) is 2.51. The highest BCUT2D eigenvalue weighted by Crippen LogP contribution is 2.39. The van der Waals surface area contributed by atoms with Crippen LogP contribution in [0.4, 0.5) is 5.82 Å². The van der Waals surface area contributed by atoms with Crippen LogP contribution in [0.3, 0.4) is 0 Å². The van der Waals surface area contributed by atoms with E-state index in [1.54, 1.807) is 19.2 Å². The molecule has 0 amide bonds. The van der Waals surface area contributed by atoms with Crippen LogP contribution in [0.25, 0.3) is 11.0 Å². The molecule has 1 aliphatic carbocycles. The molecule has 0 radical (unpaired) electrons. The number of nitrogens with zero attached hydrogens (tertiary/aromatic N) is 8. The van der Waals surface area contributed by atoms with Crippen molar-refractivity contribution in [1.29, 1.82) is 5.26 Å². The number of fused-ring (bicyclic) bond motifs is 1. The zero-order valence-corrected chi connectivity index (χ0v) is 20.1. The number of nitriles is 1. The molecule has 5 rings (SSSR count). The van der Waals surface area contributed by atoms with Gasteiger partial charge in [0.05, 0.1) is 11.6 Å². The van der Waals surface area contributed by atoms with Crippen LogP contribution >= 0.6 is 0 Å².